The Morgan fingerprint density at radius 1 is 0.912 bits per heavy atom. The van der Waals surface area contributed by atoms with Gasteiger partial charge in [0.15, 0.2) is 0 Å². The van der Waals surface area contributed by atoms with Crippen LogP contribution in [0.25, 0.3) is 6.08 Å². The molecule has 6 heteroatoms. The van der Waals surface area contributed by atoms with Crippen LogP contribution < -0.4 is 10.1 Å². The van der Waals surface area contributed by atoms with Crippen LogP contribution in [0.4, 0.5) is 5.69 Å². The molecule has 0 saturated carbocycles. The lowest BCUT2D eigenvalue weighted by Crippen LogP contribution is -2.31. The smallest absolute Gasteiger partial charge is 0.253 e. The predicted octanol–water partition coefficient (Wildman–Crippen LogP) is 5.33. The summed E-state index contributed by atoms with van der Waals surface area (Å²) in [6.07, 6.45) is 9.47. The molecule has 0 unspecified atom stereocenters. The van der Waals surface area contributed by atoms with Crippen molar-refractivity contribution in [1.29, 1.82) is 0 Å². The molecule has 4 rings (SSSR count). The van der Waals surface area contributed by atoms with E-state index >= 15 is 0 Å². The number of aromatic nitrogens is 1. The van der Waals surface area contributed by atoms with E-state index in [0.29, 0.717) is 17.9 Å². The highest BCUT2D eigenvalue weighted by Gasteiger charge is 2.17. The van der Waals surface area contributed by atoms with Gasteiger partial charge in [0.1, 0.15) is 12.4 Å². The Balaban J connectivity index is 1.26. The number of ether oxygens (including phenoxy) is 1. The van der Waals surface area contributed by atoms with E-state index in [1.54, 1.807) is 36.5 Å². The average Bonchev–Trinajstić information content (AvgIpc) is 3.17. The first-order valence-electron chi connectivity index (χ1n) is 11.7. The molecule has 1 aliphatic heterocycles. The van der Waals surface area contributed by atoms with Gasteiger partial charge in [-0.3, -0.25) is 14.6 Å². The van der Waals surface area contributed by atoms with E-state index in [1.807, 2.05) is 47.4 Å². The highest BCUT2D eigenvalue weighted by Crippen LogP contribution is 2.17. The molecule has 1 aliphatic rings. The van der Waals surface area contributed by atoms with Crippen LogP contribution in [0.3, 0.4) is 0 Å². The monoisotopic (exact) mass is 455 g/mol. The SMILES string of the molecule is O=C(/C=C/c1ccc(OCc2ccccn2)cc1)Nc1ccc(C(=O)N2CCCCCC2)cc1. The van der Waals surface area contributed by atoms with Gasteiger partial charge in [0.05, 0.1) is 5.69 Å². The molecular weight excluding hydrogens is 426 g/mol. The number of anilines is 1. The summed E-state index contributed by atoms with van der Waals surface area (Å²) >= 11 is 0. The Kier molecular flexibility index (Phi) is 8.06. The lowest BCUT2D eigenvalue weighted by Gasteiger charge is -2.20. The van der Waals surface area contributed by atoms with Gasteiger partial charge in [-0.05, 0) is 73.0 Å². The molecule has 2 aromatic carbocycles. The van der Waals surface area contributed by atoms with Gasteiger partial charge in [-0.1, -0.05) is 31.0 Å². The third-order valence-corrected chi connectivity index (χ3v) is 5.71. The number of carbonyl (C=O) groups is 2. The topological polar surface area (TPSA) is 71.5 Å². The highest BCUT2D eigenvalue weighted by molar-refractivity contribution is 6.02. The van der Waals surface area contributed by atoms with E-state index in [0.717, 1.165) is 42.9 Å². The summed E-state index contributed by atoms with van der Waals surface area (Å²) in [5.74, 6) is 0.566. The summed E-state index contributed by atoms with van der Waals surface area (Å²) in [6.45, 7) is 2.04. The molecule has 3 aromatic rings. The van der Waals surface area contributed by atoms with Crippen molar-refractivity contribution in [2.75, 3.05) is 18.4 Å². The van der Waals surface area contributed by atoms with Crippen molar-refractivity contribution in [3.8, 4) is 5.75 Å². The molecule has 174 valence electrons. The number of pyridine rings is 1. The second kappa shape index (κ2) is 11.8. The van der Waals surface area contributed by atoms with Gasteiger partial charge in [0, 0.05) is 36.6 Å². The van der Waals surface area contributed by atoms with Gasteiger partial charge in [0.25, 0.3) is 5.91 Å². The fraction of sp³-hybridized carbons (Fsp3) is 0.250. The van der Waals surface area contributed by atoms with Gasteiger partial charge < -0.3 is 15.0 Å². The summed E-state index contributed by atoms with van der Waals surface area (Å²) in [5, 5.41) is 2.84. The van der Waals surface area contributed by atoms with E-state index in [-0.39, 0.29) is 11.8 Å². The summed E-state index contributed by atoms with van der Waals surface area (Å²) in [6, 6.07) is 20.3. The summed E-state index contributed by atoms with van der Waals surface area (Å²) in [4.78, 5) is 31.2. The second-order valence-corrected chi connectivity index (χ2v) is 8.29. The Bertz CT molecular complexity index is 1100. The van der Waals surface area contributed by atoms with Crippen molar-refractivity contribution in [1.82, 2.24) is 9.88 Å². The van der Waals surface area contributed by atoms with E-state index in [1.165, 1.54) is 18.9 Å². The molecule has 0 aliphatic carbocycles. The van der Waals surface area contributed by atoms with Crippen LogP contribution >= 0.6 is 0 Å². The Hall–Kier alpha value is -3.93. The van der Waals surface area contributed by atoms with Crippen LogP contribution in [0.5, 0.6) is 5.75 Å². The van der Waals surface area contributed by atoms with Crippen molar-refractivity contribution in [3.05, 3.63) is 95.8 Å². The number of nitrogens with one attached hydrogen (secondary N) is 1. The highest BCUT2D eigenvalue weighted by atomic mass is 16.5. The summed E-state index contributed by atoms with van der Waals surface area (Å²) in [7, 11) is 0. The molecule has 1 N–H and O–H groups in total. The Labute approximate surface area is 200 Å². The number of benzene rings is 2. The predicted molar refractivity (Wildman–Crippen MR) is 133 cm³/mol. The second-order valence-electron chi connectivity index (χ2n) is 8.29. The number of hydrogen-bond acceptors (Lipinski definition) is 4. The molecule has 6 nitrogen and oxygen atoms in total. The molecular formula is C28H29N3O3. The molecule has 0 spiro atoms. The number of carbonyl (C=O) groups excluding carboxylic acids is 2. The molecule has 1 aromatic heterocycles. The Morgan fingerprint density at radius 2 is 1.65 bits per heavy atom. The van der Waals surface area contributed by atoms with Crippen molar-refractivity contribution in [2.45, 2.75) is 32.3 Å². The summed E-state index contributed by atoms with van der Waals surface area (Å²) < 4.78 is 5.73. The fourth-order valence-electron chi connectivity index (χ4n) is 3.82. The molecule has 0 bridgehead atoms. The number of rotatable bonds is 7. The maximum Gasteiger partial charge on any atom is 0.253 e. The van der Waals surface area contributed by atoms with Gasteiger partial charge >= 0.3 is 0 Å². The van der Waals surface area contributed by atoms with E-state index < -0.39 is 0 Å². The number of hydrogen-bond donors (Lipinski definition) is 1. The molecule has 0 radical (unpaired) electrons. The molecule has 2 amide bonds. The number of likely N-dealkylation sites (tertiary alicyclic amines) is 1. The number of nitrogens with zero attached hydrogens (tertiary/aromatic N) is 2. The van der Waals surface area contributed by atoms with Crippen molar-refractivity contribution in [3.63, 3.8) is 0 Å². The first-order chi connectivity index (χ1) is 16.7. The molecule has 1 saturated heterocycles. The Morgan fingerprint density at radius 3 is 2.32 bits per heavy atom. The van der Waals surface area contributed by atoms with E-state index in [2.05, 4.69) is 10.3 Å². The van der Waals surface area contributed by atoms with Crippen LogP contribution in [0, 0.1) is 0 Å². The first kappa shape index (κ1) is 23.2. The maximum absolute atomic E-state index is 12.7. The van der Waals surface area contributed by atoms with Crippen molar-refractivity contribution < 1.29 is 14.3 Å². The van der Waals surface area contributed by atoms with Gasteiger partial charge in [-0.25, -0.2) is 0 Å². The zero-order valence-corrected chi connectivity index (χ0v) is 19.2. The van der Waals surface area contributed by atoms with E-state index in [4.69, 9.17) is 4.74 Å². The van der Waals surface area contributed by atoms with Crippen molar-refractivity contribution in [2.24, 2.45) is 0 Å². The van der Waals surface area contributed by atoms with Crippen LogP contribution in [0.15, 0.2) is 79.0 Å². The minimum absolute atomic E-state index is 0.0622. The first-order valence-corrected chi connectivity index (χ1v) is 11.7. The normalized spacial score (nSPS) is 13.9. The lowest BCUT2D eigenvalue weighted by atomic mass is 10.1. The average molecular weight is 456 g/mol. The molecule has 0 atom stereocenters. The summed E-state index contributed by atoms with van der Waals surface area (Å²) in [5.41, 5.74) is 3.06. The van der Waals surface area contributed by atoms with Crippen LogP contribution in [0.2, 0.25) is 0 Å². The third kappa shape index (κ3) is 6.78. The quantitative estimate of drug-likeness (QED) is 0.489. The zero-order valence-electron chi connectivity index (χ0n) is 19.2. The van der Waals surface area contributed by atoms with Crippen LogP contribution in [-0.4, -0.2) is 34.8 Å². The van der Waals surface area contributed by atoms with Crippen molar-refractivity contribution >= 4 is 23.6 Å². The fourth-order valence-corrected chi connectivity index (χ4v) is 3.82. The molecule has 2 heterocycles. The van der Waals surface area contributed by atoms with Gasteiger partial charge in [-0.2, -0.15) is 0 Å². The van der Waals surface area contributed by atoms with Gasteiger partial charge in [-0.15, -0.1) is 0 Å². The minimum atomic E-state index is -0.234. The maximum atomic E-state index is 12.7. The van der Waals surface area contributed by atoms with E-state index in [9.17, 15) is 9.59 Å². The number of amides is 2. The zero-order chi connectivity index (χ0) is 23.6. The molecule has 34 heavy (non-hydrogen) atoms. The molecule has 1 fully saturated rings. The lowest BCUT2D eigenvalue weighted by molar-refractivity contribution is -0.111. The third-order valence-electron chi connectivity index (χ3n) is 5.71. The van der Waals surface area contributed by atoms with Gasteiger partial charge in [0.2, 0.25) is 5.91 Å². The van der Waals surface area contributed by atoms with Crippen LogP contribution in [-0.2, 0) is 11.4 Å². The minimum Gasteiger partial charge on any atom is -0.487 e. The van der Waals surface area contributed by atoms with Crippen LogP contribution in [0.1, 0.15) is 47.3 Å². The largest absolute Gasteiger partial charge is 0.487 e. The standard InChI is InChI=1S/C28H29N3O3/c32-27(17-10-22-8-15-26(16-9-22)34-21-25-7-3-4-18-29-25)30-24-13-11-23(12-14-24)28(33)31-19-5-1-2-6-20-31/h3-4,7-18H,1-2,5-6,19-21H2,(H,30,32)/b17-10+.